The lowest BCUT2D eigenvalue weighted by atomic mass is 10.0. The molecule has 18 nitrogen and oxygen atoms in total. The molecule has 18 heteroatoms. The monoisotopic (exact) mass is 747 g/mol. The highest BCUT2D eigenvalue weighted by Crippen LogP contribution is 2.13. The van der Waals surface area contributed by atoms with E-state index in [1.807, 2.05) is 0 Å². The highest BCUT2D eigenvalue weighted by molar-refractivity contribution is 5.96. The zero-order valence-corrected chi connectivity index (χ0v) is 30.7. The van der Waals surface area contributed by atoms with Gasteiger partial charge in [-0.2, -0.15) is 0 Å². The van der Waals surface area contributed by atoms with Gasteiger partial charge in [-0.05, 0) is 82.0 Å². The van der Waals surface area contributed by atoms with Crippen molar-refractivity contribution in [1.29, 1.82) is 0 Å². The SMILES string of the molecule is C=CC[C@H](NC(=O)[C@H](CCCNC(N)=O)NC(=O)[C@H](CCCCN)NC(=O)[C@H](C)N)C(=O)N[C@@H](Cc1ccc(O)cc1)C(=O)N[C@@H](CC(C)C)C(=O)O. The first-order chi connectivity index (χ1) is 25.0. The molecule has 14 N–H and O–H groups in total. The Morgan fingerprint density at radius 1 is 0.736 bits per heavy atom. The fraction of sp³-hybridized carbons (Fsp3) is 0.571. The Hall–Kier alpha value is -5.23. The number of carbonyl (C=O) groups excluding carboxylic acids is 6. The van der Waals surface area contributed by atoms with Gasteiger partial charge in [-0.1, -0.05) is 32.1 Å². The quantitative estimate of drug-likeness (QED) is 0.0425. The lowest BCUT2D eigenvalue weighted by Crippen LogP contribution is -2.59. The first-order valence-electron chi connectivity index (χ1n) is 17.6. The van der Waals surface area contributed by atoms with Crippen molar-refractivity contribution in [2.24, 2.45) is 23.1 Å². The molecule has 0 aliphatic rings. The zero-order chi connectivity index (χ0) is 40.1. The van der Waals surface area contributed by atoms with Crippen LogP contribution in [0.4, 0.5) is 4.79 Å². The molecule has 0 fully saturated rings. The van der Waals surface area contributed by atoms with Crippen LogP contribution in [0.3, 0.4) is 0 Å². The van der Waals surface area contributed by atoms with E-state index >= 15 is 0 Å². The number of hydrogen-bond donors (Lipinski definition) is 11. The summed E-state index contributed by atoms with van der Waals surface area (Å²) in [4.78, 5) is 89.9. The Bertz CT molecular complexity index is 1390. The molecule has 0 unspecified atom stereocenters. The van der Waals surface area contributed by atoms with E-state index in [1.165, 1.54) is 37.3 Å². The van der Waals surface area contributed by atoms with E-state index in [9.17, 15) is 43.8 Å². The van der Waals surface area contributed by atoms with Crippen molar-refractivity contribution in [2.75, 3.05) is 13.1 Å². The molecular weight excluding hydrogens is 690 g/mol. The lowest BCUT2D eigenvalue weighted by molar-refractivity contribution is -0.142. The molecule has 53 heavy (non-hydrogen) atoms. The average Bonchev–Trinajstić information content (AvgIpc) is 3.08. The molecule has 0 spiro atoms. The molecule has 0 heterocycles. The van der Waals surface area contributed by atoms with E-state index in [-0.39, 0.29) is 56.7 Å². The standard InChI is InChI=1S/C35H57N9O9/c1-5-9-24(30(47)43-27(19-22-12-14-23(45)15-13-22)33(50)44-28(34(51)52)18-20(2)3)41-32(49)26(11-8-17-39-35(38)53)42-31(48)25(10-6-7-16-36)40-29(46)21(4)37/h5,12-15,20-21,24-28,45H,1,6-11,16-19,36-37H2,2-4H3,(H,40,46)(H,41,49)(H,42,48)(H,43,47)(H,44,50)(H,51,52)(H3,38,39,53)/t21-,24-,25-,26-,27-,28-/m0/s1. The van der Waals surface area contributed by atoms with E-state index in [0.717, 1.165) is 0 Å². The van der Waals surface area contributed by atoms with Gasteiger partial charge < -0.3 is 59.3 Å². The van der Waals surface area contributed by atoms with Crippen LogP contribution in [0.25, 0.3) is 0 Å². The summed E-state index contributed by atoms with van der Waals surface area (Å²) in [7, 11) is 0. The molecule has 0 aliphatic carbocycles. The maximum absolute atomic E-state index is 13.7. The number of nitrogens with one attached hydrogen (secondary N) is 6. The minimum absolute atomic E-state index is 0.0185. The summed E-state index contributed by atoms with van der Waals surface area (Å²) in [5, 5.41) is 34.7. The second-order valence-electron chi connectivity index (χ2n) is 13.2. The van der Waals surface area contributed by atoms with E-state index in [4.69, 9.17) is 17.2 Å². The predicted molar refractivity (Wildman–Crippen MR) is 197 cm³/mol. The van der Waals surface area contributed by atoms with E-state index in [0.29, 0.717) is 24.9 Å². The molecular formula is C35H57N9O9. The summed E-state index contributed by atoms with van der Waals surface area (Å²) in [6.45, 7) is 9.12. The summed E-state index contributed by atoms with van der Waals surface area (Å²) in [6.07, 6.45) is 2.71. The first kappa shape index (κ1) is 45.8. The number of aromatic hydroxyl groups is 1. The van der Waals surface area contributed by atoms with Crippen molar-refractivity contribution in [3.63, 3.8) is 0 Å². The molecule has 0 radical (unpaired) electrons. The number of aliphatic carboxylic acids is 1. The summed E-state index contributed by atoms with van der Waals surface area (Å²) in [5.74, 6) is -5.02. The number of primary amides is 1. The van der Waals surface area contributed by atoms with Crippen molar-refractivity contribution in [3.05, 3.63) is 42.5 Å². The van der Waals surface area contributed by atoms with Gasteiger partial charge in [-0.25, -0.2) is 9.59 Å². The van der Waals surface area contributed by atoms with Crippen LogP contribution in [-0.4, -0.2) is 101 Å². The molecule has 7 amide bonds. The van der Waals surface area contributed by atoms with Gasteiger partial charge in [0.15, 0.2) is 0 Å². The Morgan fingerprint density at radius 3 is 1.74 bits per heavy atom. The van der Waals surface area contributed by atoms with Gasteiger partial charge in [0.2, 0.25) is 29.5 Å². The molecule has 296 valence electrons. The molecule has 0 aromatic heterocycles. The van der Waals surface area contributed by atoms with Crippen molar-refractivity contribution in [3.8, 4) is 5.75 Å². The molecule has 1 aromatic carbocycles. The molecule has 0 saturated carbocycles. The molecule has 1 aromatic rings. The highest BCUT2D eigenvalue weighted by Gasteiger charge is 2.32. The first-order valence-corrected chi connectivity index (χ1v) is 17.6. The molecule has 0 bridgehead atoms. The number of urea groups is 1. The van der Waals surface area contributed by atoms with Gasteiger partial charge >= 0.3 is 12.0 Å². The highest BCUT2D eigenvalue weighted by atomic mass is 16.4. The molecule has 6 atom stereocenters. The van der Waals surface area contributed by atoms with Crippen LogP contribution in [0, 0.1) is 5.92 Å². The number of carbonyl (C=O) groups is 7. The Kier molecular flexibility index (Phi) is 20.8. The van der Waals surface area contributed by atoms with Crippen LogP contribution in [0.2, 0.25) is 0 Å². The number of phenols is 1. The number of nitrogens with two attached hydrogens (primary N) is 3. The fourth-order valence-corrected chi connectivity index (χ4v) is 5.11. The Morgan fingerprint density at radius 2 is 1.23 bits per heavy atom. The number of carboxylic acids is 1. The normalized spacial score (nSPS) is 14.3. The van der Waals surface area contributed by atoms with E-state index < -0.39 is 77.8 Å². The van der Waals surface area contributed by atoms with Crippen molar-refractivity contribution >= 4 is 41.5 Å². The lowest BCUT2D eigenvalue weighted by Gasteiger charge is -2.27. The number of hydrogen-bond acceptors (Lipinski definition) is 10. The van der Waals surface area contributed by atoms with Crippen LogP contribution in [-0.2, 0) is 35.2 Å². The minimum atomic E-state index is -1.30. The third-order valence-corrected chi connectivity index (χ3v) is 7.96. The molecule has 1 rings (SSSR count). The average molecular weight is 748 g/mol. The van der Waals surface area contributed by atoms with Gasteiger partial charge in [0, 0.05) is 13.0 Å². The maximum Gasteiger partial charge on any atom is 0.326 e. The largest absolute Gasteiger partial charge is 0.508 e. The van der Waals surface area contributed by atoms with Gasteiger partial charge in [0.1, 0.15) is 36.0 Å². The van der Waals surface area contributed by atoms with Crippen LogP contribution >= 0.6 is 0 Å². The van der Waals surface area contributed by atoms with Gasteiger partial charge in [-0.3, -0.25) is 24.0 Å². The number of unbranched alkanes of at least 4 members (excludes halogenated alkanes) is 1. The number of benzene rings is 1. The second kappa shape index (κ2) is 24.1. The van der Waals surface area contributed by atoms with Crippen molar-refractivity contribution in [1.82, 2.24) is 31.9 Å². The molecule has 0 aliphatic heterocycles. The van der Waals surface area contributed by atoms with Crippen LogP contribution < -0.4 is 49.1 Å². The van der Waals surface area contributed by atoms with Crippen LogP contribution in [0.5, 0.6) is 5.75 Å². The topological polar surface area (TPSA) is 310 Å². The van der Waals surface area contributed by atoms with Gasteiger partial charge in [0.05, 0.1) is 6.04 Å². The summed E-state index contributed by atoms with van der Waals surface area (Å²) in [6, 6.07) is -2.01. The van der Waals surface area contributed by atoms with Crippen molar-refractivity contribution in [2.45, 2.75) is 108 Å². The summed E-state index contributed by atoms with van der Waals surface area (Å²) in [5.41, 5.74) is 17.0. The van der Waals surface area contributed by atoms with E-state index in [2.05, 4.69) is 38.5 Å². The number of phenolic OH excluding ortho intramolecular Hbond substituents is 1. The third kappa shape index (κ3) is 18.2. The second-order valence-corrected chi connectivity index (χ2v) is 13.2. The van der Waals surface area contributed by atoms with Gasteiger partial charge in [-0.15, -0.1) is 6.58 Å². The predicted octanol–water partition coefficient (Wildman–Crippen LogP) is -1.01. The molecule has 0 saturated heterocycles. The Balaban J connectivity index is 3.34. The number of amides is 7. The summed E-state index contributed by atoms with van der Waals surface area (Å²) >= 11 is 0. The number of rotatable bonds is 25. The maximum atomic E-state index is 13.7. The smallest absolute Gasteiger partial charge is 0.326 e. The van der Waals surface area contributed by atoms with Crippen LogP contribution in [0.1, 0.15) is 71.3 Å². The summed E-state index contributed by atoms with van der Waals surface area (Å²) < 4.78 is 0. The van der Waals surface area contributed by atoms with E-state index in [1.54, 1.807) is 13.8 Å². The third-order valence-electron chi connectivity index (χ3n) is 7.96. The Labute approximate surface area is 309 Å². The van der Waals surface area contributed by atoms with Crippen molar-refractivity contribution < 1.29 is 43.8 Å². The van der Waals surface area contributed by atoms with Gasteiger partial charge in [0.25, 0.3) is 0 Å². The minimum Gasteiger partial charge on any atom is -0.508 e. The van der Waals surface area contributed by atoms with Crippen LogP contribution in [0.15, 0.2) is 36.9 Å². The number of carboxylic acid groups (broad SMARTS) is 1. The fourth-order valence-electron chi connectivity index (χ4n) is 5.11. The zero-order valence-electron chi connectivity index (χ0n) is 30.7.